The van der Waals surface area contributed by atoms with Crippen molar-refractivity contribution in [3.05, 3.63) is 66.6 Å². The van der Waals surface area contributed by atoms with Gasteiger partial charge in [0, 0.05) is 12.1 Å². The summed E-state index contributed by atoms with van der Waals surface area (Å²) in [5, 5.41) is 7.72. The van der Waals surface area contributed by atoms with E-state index in [9.17, 15) is 4.39 Å². The van der Waals surface area contributed by atoms with Crippen LogP contribution in [0.2, 0.25) is 0 Å². The maximum absolute atomic E-state index is 14.2. The molecule has 3 aromatic rings. The number of para-hydroxylation sites is 1. The van der Waals surface area contributed by atoms with E-state index in [2.05, 4.69) is 10.4 Å². The molecule has 0 amide bonds. The Balaban J connectivity index is 2.08. The summed E-state index contributed by atoms with van der Waals surface area (Å²) in [5.74, 6) is -0.304. The van der Waals surface area contributed by atoms with E-state index in [0.717, 1.165) is 29.9 Å². The first-order valence-corrected chi connectivity index (χ1v) is 7.63. The van der Waals surface area contributed by atoms with Gasteiger partial charge in [-0.05, 0) is 25.1 Å². The Bertz CT molecular complexity index is 768. The van der Waals surface area contributed by atoms with Crippen molar-refractivity contribution >= 4 is 5.69 Å². The van der Waals surface area contributed by atoms with Crippen LogP contribution >= 0.6 is 0 Å². The van der Waals surface area contributed by atoms with Crippen LogP contribution in [0.15, 0.2) is 60.8 Å². The number of nitrogens with one attached hydrogen (secondary N) is 1. The molecule has 0 aliphatic heterocycles. The highest BCUT2D eigenvalue weighted by atomic mass is 19.1. The third-order valence-corrected chi connectivity index (χ3v) is 3.59. The van der Waals surface area contributed by atoms with Gasteiger partial charge in [0.05, 0.1) is 17.6 Å². The second kappa shape index (κ2) is 7.07. The average molecular weight is 310 g/mol. The molecule has 2 aromatic carbocycles. The monoisotopic (exact) mass is 310 g/mol. The Morgan fingerprint density at radius 3 is 2.52 bits per heavy atom. The molecule has 0 unspecified atom stereocenters. The van der Waals surface area contributed by atoms with Crippen LogP contribution < -0.4 is 11.1 Å². The predicted molar refractivity (Wildman–Crippen MR) is 91.1 cm³/mol. The van der Waals surface area contributed by atoms with Crippen molar-refractivity contribution in [3.8, 4) is 16.9 Å². The number of halogens is 1. The van der Waals surface area contributed by atoms with Crippen molar-refractivity contribution in [1.82, 2.24) is 9.78 Å². The minimum atomic E-state index is -0.304. The molecule has 0 spiro atoms. The van der Waals surface area contributed by atoms with Crippen molar-refractivity contribution < 1.29 is 4.39 Å². The normalized spacial score (nSPS) is 10.7. The lowest BCUT2D eigenvalue weighted by atomic mass is 10.1. The molecule has 0 atom stereocenters. The molecule has 0 saturated carbocycles. The van der Waals surface area contributed by atoms with Crippen LogP contribution in [0.3, 0.4) is 0 Å². The second-order valence-electron chi connectivity index (χ2n) is 5.21. The van der Waals surface area contributed by atoms with Crippen molar-refractivity contribution in [2.75, 3.05) is 18.4 Å². The zero-order chi connectivity index (χ0) is 16.1. The number of hydrogen-bond donors (Lipinski definition) is 2. The van der Waals surface area contributed by atoms with Crippen LogP contribution in [0.5, 0.6) is 0 Å². The molecule has 5 heteroatoms. The summed E-state index contributed by atoms with van der Waals surface area (Å²) < 4.78 is 15.8. The fourth-order valence-corrected chi connectivity index (χ4v) is 2.48. The largest absolute Gasteiger partial charge is 0.382 e. The van der Waals surface area contributed by atoms with E-state index in [4.69, 9.17) is 5.73 Å². The molecule has 1 heterocycles. The highest BCUT2D eigenvalue weighted by Crippen LogP contribution is 2.31. The van der Waals surface area contributed by atoms with Gasteiger partial charge in [-0.1, -0.05) is 42.5 Å². The van der Waals surface area contributed by atoms with Crippen LogP contribution in [0, 0.1) is 5.82 Å². The molecule has 4 nitrogen and oxygen atoms in total. The summed E-state index contributed by atoms with van der Waals surface area (Å²) in [7, 11) is 0. The lowest BCUT2D eigenvalue weighted by molar-refractivity contribution is 0.611. The van der Waals surface area contributed by atoms with Gasteiger partial charge in [-0.2, -0.15) is 5.10 Å². The Kier molecular flexibility index (Phi) is 4.68. The molecule has 118 valence electrons. The maximum Gasteiger partial charge on any atom is 0.148 e. The summed E-state index contributed by atoms with van der Waals surface area (Å²) in [5.41, 5.74) is 8.66. The molecule has 3 N–H and O–H groups in total. The van der Waals surface area contributed by atoms with Crippen LogP contribution in [0.25, 0.3) is 16.9 Å². The number of hydrogen-bond acceptors (Lipinski definition) is 3. The molecule has 0 aliphatic rings. The molecule has 0 fully saturated rings. The SMILES string of the molecule is NCCCNc1cnn(-c2ccccc2F)c1-c1ccccc1. The van der Waals surface area contributed by atoms with Gasteiger partial charge in [-0.25, -0.2) is 9.07 Å². The third kappa shape index (κ3) is 3.24. The van der Waals surface area contributed by atoms with Crippen LogP contribution in [0.4, 0.5) is 10.1 Å². The minimum absolute atomic E-state index is 0.304. The van der Waals surface area contributed by atoms with Gasteiger partial charge in [0.1, 0.15) is 11.5 Å². The van der Waals surface area contributed by atoms with Gasteiger partial charge >= 0.3 is 0 Å². The topological polar surface area (TPSA) is 55.9 Å². The first kappa shape index (κ1) is 15.2. The van der Waals surface area contributed by atoms with E-state index in [1.54, 1.807) is 29.1 Å². The van der Waals surface area contributed by atoms with Gasteiger partial charge in [0.2, 0.25) is 0 Å². The number of aromatic nitrogens is 2. The average Bonchev–Trinajstić information content (AvgIpc) is 3.00. The molecule has 0 bridgehead atoms. The zero-order valence-corrected chi connectivity index (χ0v) is 12.7. The first-order valence-electron chi connectivity index (χ1n) is 7.63. The molecule has 3 rings (SSSR count). The molecule has 0 saturated heterocycles. The Hall–Kier alpha value is -2.66. The maximum atomic E-state index is 14.2. The number of rotatable bonds is 6. The zero-order valence-electron chi connectivity index (χ0n) is 12.7. The summed E-state index contributed by atoms with van der Waals surface area (Å²) in [4.78, 5) is 0. The predicted octanol–water partition coefficient (Wildman–Crippen LogP) is 3.44. The Labute approximate surface area is 134 Å². The standard InChI is InChI=1S/C18H19FN4/c19-15-9-4-5-10-17(15)23-18(14-7-2-1-3-8-14)16(13-22-23)21-12-6-11-20/h1-5,7-10,13,21H,6,11-12,20H2. The van der Waals surface area contributed by atoms with Crippen molar-refractivity contribution in [2.45, 2.75) is 6.42 Å². The fraction of sp³-hybridized carbons (Fsp3) is 0.167. The van der Waals surface area contributed by atoms with E-state index in [1.807, 2.05) is 30.3 Å². The highest BCUT2D eigenvalue weighted by Gasteiger charge is 2.16. The van der Waals surface area contributed by atoms with Crippen LogP contribution in [-0.4, -0.2) is 22.9 Å². The quantitative estimate of drug-likeness (QED) is 0.686. The Morgan fingerprint density at radius 1 is 1.04 bits per heavy atom. The Morgan fingerprint density at radius 2 is 1.78 bits per heavy atom. The molecular formula is C18H19FN4. The van der Waals surface area contributed by atoms with Crippen molar-refractivity contribution in [1.29, 1.82) is 0 Å². The minimum Gasteiger partial charge on any atom is -0.382 e. The second-order valence-corrected chi connectivity index (χ2v) is 5.21. The summed E-state index contributed by atoms with van der Waals surface area (Å²) in [6.07, 6.45) is 2.59. The van der Waals surface area contributed by atoms with Gasteiger partial charge < -0.3 is 11.1 Å². The van der Waals surface area contributed by atoms with Gasteiger partial charge in [-0.3, -0.25) is 0 Å². The number of nitrogens with zero attached hydrogens (tertiary/aromatic N) is 2. The number of nitrogens with two attached hydrogens (primary N) is 1. The first-order chi connectivity index (χ1) is 11.3. The smallest absolute Gasteiger partial charge is 0.148 e. The number of benzene rings is 2. The lowest BCUT2D eigenvalue weighted by Gasteiger charge is -2.12. The van der Waals surface area contributed by atoms with Gasteiger partial charge in [0.15, 0.2) is 0 Å². The van der Waals surface area contributed by atoms with E-state index in [1.165, 1.54) is 6.07 Å². The molecule has 0 radical (unpaired) electrons. The highest BCUT2D eigenvalue weighted by molar-refractivity contribution is 5.76. The molecule has 1 aromatic heterocycles. The van der Waals surface area contributed by atoms with E-state index in [-0.39, 0.29) is 5.82 Å². The molecular weight excluding hydrogens is 291 g/mol. The van der Waals surface area contributed by atoms with E-state index >= 15 is 0 Å². The lowest BCUT2D eigenvalue weighted by Crippen LogP contribution is -2.09. The molecule has 23 heavy (non-hydrogen) atoms. The van der Waals surface area contributed by atoms with Crippen molar-refractivity contribution in [3.63, 3.8) is 0 Å². The van der Waals surface area contributed by atoms with E-state index < -0.39 is 0 Å². The molecule has 0 aliphatic carbocycles. The van der Waals surface area contributed by atoms with Gasteiger partial charge in [0.25, 0.3) is 0 Å². The fourth-order valence-electron chi connectivity index (χ4n) is 2.48. The summed E-state index contributed by atoms with van der Waals surface area (Å²) in [6, 6.07) is 16.5. The summed E-state index contributed by atoms with van der Waals surface area (Å²) in [6.45, 7) is 1.37. The van der Waals surface area contributed by atoms with E-state index in [0.29, 0.717) is 12.2 Å². The van der Waals surface area contributed by atoms with Crippen LogP contribution in [0.1, 0.15) is 6.42 Å². The van der Waals surface area contributed by atoms with Crippen LogP contribution in [-0.2, 0) is 0 Å². The summed E-state index contributed by atoms with van der Waals surface area (Å²) >= 11 is 0. The van der Waals surface area contributed by atoms with Crippen molar-refractivity contribution in [2.24, 2.45) is 5.73 Å². The third-order valence-electron chi connectivity index (χ3n) is 3.59. The van der Waals surface area contributed by atoms with Gasteiger partial charge in [-0.15, -0.1) is 0 Å². The number of anilines is 1.